The first-order chi connectivity index (χ1) is 12.4. The smallest absolute Gasteiger partial charge is 0.218 e. The van der Waals surface area contributed by atoms with E-state index in [1.807, 2.05) is 4.90 Å². The average molecular weight is 411 g/mol. The molecule has 3 rings (SSSR count). The molecule has 1 aliphatic heterocycles. The maximum absolute atomic E-state index is 12.7. The highest BCUT2D eigenvalue weighted by Gasteiger charge is 2.27. The largest absolute Gasteiger partial charge is 0.354 e. The highest BCUT2D eigenvalue weighted by atomic mass is 35.5. The number of hydrogen-bond acceptors (Lipinski definition) is 5. The van der Waals surface area contributed by atoms with E-state index in [2.05, 4.69) is 11.1 Å². The Morgan fingerprint density at radius 2 is 1.81 bits per heavy atom. The summed E-state index contributed by atoms with van der Waals surface area (Å²) < 4.78 is 26.8. The quantitative estimate of drug-likeness (QED) is 0.773. The van der Waals surface area contributed by atoms with Crippen LogP contribution in [0.3, 0.4) is 0 Å². The predicted octanol–water partition coefficient (Wildman–Crippen LogP) is 2.91. The maximum Gasteiger partial charge on any atom is 0.218 e. The Hall–Kier alpha value is -1.85. The molecule has 0 saturated carbocycles. The molecule has 26 heavy (non-hydrogen) atoms. The summed E-state index contributed by atoms with van der Waals surface area (Å²) in [5.41, 5.74) is 1.13. The first-order valence-electron chi connectivity index (χ1n) is 7.92. The lowest BCUT2D eigenvalue weighted by Gasteiger charge is -2.34. The van der Waals surface area contributed by atoms with Gasteiger partial charge in [-0.15, -0.1) is 0 Å². The topological polar surface area (TPSA) is 77.3 Å². The molecule has 136 valence electrons. The number of anilines is 1. The zero-order chi connectivity index (χ0) is 18.7. The zero-order valence-electron chi connectivity index (χ0n) is 13.8. The summed E-state index contributed by atoms with van der Waals surface area (Å²) in [7, 11) is -3.45. The number of rotatable bonds is 4. The molecule has 1 fully saturated rings. The number of nitriles is 1. The molecule has 2 aromatic rings. The van der Waals surface area contributed by atoms with Crippen molar-refractivity contribution in [1.29, 1.82) is 5.26 Å². The van der Waals surface area contributed by atoms with Gasteiger partial charge in [-0.05, 0) is 29.8 Å². The minimum absolute atomic E-state index is 0.119. The molecule has 0 spiro atoms. The van der Waals surface area contributed by atoms with Gasteiger partial charge >= 0.3 is 0 Å². The van der Waals surface area contributed by atoms with Crippen molar-refractivity contribution in [2.45, 2.75) is 5.75 Å². The molecule has 0 atom stereocenters. The van der Waals surface area contributed by atoms with Crippen LogP contribution in [-0.4, -0.2) is 43.9 Å². The number of nitrogens with zero attached hydrogens (tertiary/aromatic N) is 4. The van der Waals surface area contributed by atoms with Crippen LogP contribution in [0.15, 0.2) is 36.5 Å². The second kappa shape index (κ2) is 7.80. The SMILES string of the molecule is N#Cc1ccnc(N2CCN(S(=O)(=O)Cc3ccc(Cl)c(Cl)c3)CC2)c1. The number of sulfonamides is 1. The lowest BCUT2D eigenvalue weighted by molar-refractivity contribution is 0.383. The summed E-state index contributed by atoms with van der Waals surface area (Å²) in [5.74, 6) is 0.567. The van der Waals surface area contributed by atoms with Crippen molar-refractivity contribution in [3.8, 4) is 6.07 Å². The molecule has 1 aromatic carbocycles. The van der Waals surface area contributed by atoms with Gasteiger partial charge in [0, 0.05) is 32.4 Å². The summed E-state index contributed by atoms with van der Waals surface area (Å²) >= 11 is 11.8. The molecule has 9 heteroatoms. The fraction of sp³-hybridized carbons (Fsp3) is 0.294. The third kappa shape index (κ3) is 4.27. The number of piperazine rings is 1. The van der Waals surface area contributed by atoms with Crippen molar-refractivity contribution in [3.63, 3.8) is 0 Å². The van der Waals surface area contributed by atoms with Crippen molar-refractivity contribution in [3.05, 3.63) is 57.7 Å². The third-order valence-corrected chi connectivity index (χ3v) is 6.75. The van der Waals surface area contributed by atoms with Crippen LogP contribution in [0.2, 0.25) is 10.0 Å². The second-order valence-corrected chi connectivity index (χ2v) is 8.69. The van der Waals surface area contributed by atoms with Gasteiger partial charge in [0.05, 0.1) is 27.4 Å². The molecule has 2 heterocycles. The number of pyridine rings is 1. The van der Waals surface area contributed by atoms with Gasteiger partial charge in [0.2, 0.25) is 10.0 Å². The number of benzene rings is 1. The zero-order valence-corrected chi connectivity index (χ0v) is 16.1. The molecule has 0 N–H and O–H groups in total. The maximum atomic E-state index is 12.7. The summed E-state index contributed by atoms with van der Waals surface area (Å²) in [6.45, 7) is 1.76. The van der Waals surface area contributed by atoms with E-state index in [0.717, 1.165) is 0 Å². The number of aromatic nitrogens is 1. The molecule has 1 saturated heterocycles. The van der Waals surface area contributed by atoms with Crippen LogP contribution in [0.4, 0.5) is 5.82 Å². The van der Waals surface area contributed by atoms with E-state index in [-0.39, 0.29) is 5.75 Å². The molecule has 1 aliphatic rings. The van der Waals surface area contributed by atoms with Crippen molar-refractivity contribution >= 4 is 39.0 Å². The van der Waals surface area contributed by atoms with Crippen LogP contribution >= 0.6 is 23.2 Å². The van der Waals surface area contributed by atoms with Gasteiger partial charge in [0.25, 0.3) is 0 Å². The molecule has 1 aromatic heterocycles. The van der Waals surface area contributed by atoms with E-state index in [1.165, 1.54) is 4.31 Å². The Bertz CT molecular complexity index is 951. The van der Waals surface area contributed by atoms with Gasteiger partial charge in [-0.2, -0.15) is 9.57 Å². The average Bonchev–Trinajstić information content (AvgIpc) is 2.65. The molecular formula is C17H16Cl2N4O2S. The monoisotopic (exact) mass is 410 g/mol. The van der Waals surface area contributed by atoms with E-state index in [4.69, 9.17) is 28.5 Å². The lowest BCUT2D eigenvalue weighted by Crippen LogP contribution is -2.49. The van der Waals surface area contributed by atoms with Crippen LogP contribution in [-0.2, 0) is 15.8 Å². The molecule has 0 amide bonds. The van der Waals surface area contributed by atoms with Gasteiger partial charge in [-0.1, -0.05) is 29.3 Å². The summed E-state index contributed by atoms with van der Waals surface area (Å²) in [6, 6.07) is 10.3. The predicted molar refractivity (Wildman–Crippen MR) is 102 cm³/mol. The Labute approximate surface area is 162 Å². The van der Waals surface area contributed by atoms with Crippen molar-refractivity contribution in [2.75, 3.05) is 31.1 Å². The molecular weight excluding hydrogens is 395 g/mol. The molecule has 0 unspecified atom stereocenters. The molecule has 0 radical (unpaired) electrons. The lowest BCUT2D eigenvalue weighted by atomic mass is 10.2. The third-order valence-electron chi connectivity index (χ3n) is 4.16. The summed E-state index contributed by atoms with van der Waals surface area (Å²) in [5, 5.41) is 9.72. The summed E-state index contributed by atoms with van der Waals surface area (Å²) in [4.78, 5) is 6.24. The van der Waals surface area contributed by atoms with E-state index in [9.17, 15) is 8.42 Å². The Balaban J connectivity index is 1.66. The minimum Gasteiger partial charge on any atom is -0.354 e. The van der Waals surface area contributed by atoms with Crippen molar-refractivity contribution in [1.82, 2.24) is 9.29 Å². The van der Waals surface area contributed by atoms with Crippen LogP contribution in [0, 0.1) is 11.3 Å². The second-order valence-electron chi connectivity index (χ2n) is 5.91. The fourth-order valence-electron chi connectivity index (χ4n) is 2.79. The number of hydrogen-bond donors (Lipinski definition) is 0. The summed E-state index contributed by atoms with van der Waals surface area (Å²) in [6.07, 6.45) is 1.58. The standard InChI is InChI=1S/C17H16Cl2N4O2S/c18-15-2-1-14(9-16(15)19)12-26(24,25)23-7-5-22(6-8-23)17-10-13(11-20)3-4-21-17/h1-4,9-10H,5-8,12H2. The van der Waals surface area contributed by atoms with Gasteiger partial charge in [0.15, 0.2) is 0 Å². The van der Waals surface area contributed by atoms with Crippen LogP contribution in [0.5, 0.6) is 0 Å². The van der Waals surface area contributed by atoms with Gasteiger partial charge in [-0.3, -0.25) is 0 Å². The van der Waals surface area contributed by atoms with E-state index in [0.29, 0.717) is 53.2 Å². The Kier molecular flexibility index (Phi) is 5.68. The first-order valence-corrected chi connectivity index (χ1v) is 10.3. The van der Waals surface area contributed by atoms with E-state index < -0.39 is 10.0 Å². The van der Waals surface area contributed by atoms with Gasteiger partial charge in [0.1, 0.15) is 5.82 Å². The van der Waals surface area contributed by atoms with Crippen LogP contribution in [0.1, 0.15) is 11.1 Å². The van der Waals surface area contributed by atoms with Crippen LogP contribution in [0.25, 0.3) is 0 Å². The van der Waals surface area contributed by atoms with Gasteiger partial charge in [-0.25, -0.2) is 13.4 Å². The van der Waals surface area contributed by atoms with E-state index >= 15 is 0 Å². The van der Waals surface area contributed by atoms with E-state index in [1.54, 1.807) is 36.5 Å². The first kappa shape index (κ1) is 18.9. The molecule has 0 bridgehead atoms. The molecule has 6 nitrogen and oxygen atoms in total. The normalized spacial score (nSPS) is 15.7. The van der Waals surface area contributed by atoms with Gasteiger partial charge < -0.3 is 4.90 Å². The fourth-order valence-corrected chi connectivity index (χ4v) is 4.61. The number of halogens is 2. The highest BCUT2D eigenvalue weighted by molar-refractivity contribution is 7.88. The van der Waals surface area contributed by atoms with Crippen molar-refractivity contribution < 1.29 is 8.42 Å². The van der Waals surface area contributed by atoms with Crippen LogP contribution < -0.4 is 4.90 Å². The molecule has 0 aliphatic carbocycles. The Morgan fingerprint density at radius 3 is 2.46 bits per heavy atom. The van der Waals surface area contributed by atoms with Crippen molar-refractivity contribution in [2.24, 2.45) is 0 Å². The highest BCUT2D eigenvalue weighted by Crippen LogP contribution is 2.24. The Morgan fingerprint density at radius 1 is 1.08 bits per heavy atom. The minimum atomic E-state index is -3.45.